The maximum Gasteiger partial charge on any atom is 0.491 e. The molecule has 232 valence electrons. The van der Waals surface area contributed by atoms with Gasteiger partial charge in [0.2, 0.25) is 12.2 Å². The molecule has 1 fully saturated rings. The Labute approximate surface area is 241 Å². The molecule has 2 N–H and O–H groups in total. The van der Waals surface area contributed by atoms with Crippen molar-refractivity contribution in [3.05, 3.63) is 35.1 Å². The number of likely N-dealkylation sites (tertiary alicyclic amines) is 1. The van der Waals surface area contributed by atoms with E-state index in [4.69, 9.17) is 14.2 Å². The molecule has 0 aromatic heterocycles. The predicted molar refractivity (Wildman–Crippen MR) is 131 cm³/mol. The van der Waals surface area contributed by atoms with Crippen molar-refractivity contribution in [1.82, 2.24) is 4.90 Å². The van der Waals surface area contributed by atoms with Crippen LogP contribution < -0.4 is 4.74 Å². The molecule has 2 aliphatic carbocycles. The van der Waals surface area contributed by atoms with Crippen LogP contribution in [-0.4, -0.2) is 94.7 Å². The minimum Gasteiger partial charge on any atom is -0.504 e. The van der Waals surface area contributed by atoms with E-state index in [9.17, 15) is 47.4 Å². The van der Waals surface area contributed by atoms with Gasteiger partial charge in [-0.1, -0.05) is 6.07 Å². The van der Waals surface area contributed by atoms with Crippen molar-refractivity contribution < 1.29 is 71.0 Å². The van der Waals surface area contributed by atoms with Crippen LogP contribution >= 0.6 is 0 Å². The van der Waals surface area contributed by atoms with Crippen LogP contribution in [0.2, 0.25) is 0 Å². The molecule has 1 spiro atoms. The van der Waals surface area contributed by atoms with Crippen molar-refractivity contribution in [2.45, 2.75) is 74.7 Å². The van der Waals surface area contributed by atoms with Gasteiger partial charge in [-0.2, -0.15) is 13.2 Å². The van der Waals surface area contributed by atoms with Crippen LogP contribution in [0.1, 0.15) is 37.8 Å². The molecular formula is C27H26F3NO12. The van der Waals surface area contributed by atoms with Crippen LogP contribution in [0.5, 0.6) is 11.5 Å². The number of hydrogen-bond donors (Lipinski definition) is 2. The summed E-state index contributed by atoms with van der Waals surface area (Å²) in [6.07, 6.45) is -9.99. The third kappa shape index (κ3) is 4.68. The number of benzene rings is 1. The Bertz CT molecular complexity index is 1460. The van der Waals surface area contributed by atoms with E-state index >= 15 is 0 Å². The quantitative estimate of drug-likeness (QED) is 0.261. The third-order valence-electron chi connectivity index (χ3n) is 8.32. The highest BCUT2D eigenvalue weighted by Gasteiger charge is 2.72. The number of phenols is 1. The van der Waals surface area contributed by atoms with E-state index in [1.165, 1.54) is 12.1 Å². The second-order valence-corrected chi connectivity index (χ2v) is 10.8. The normalized spacial score (nSPS) is 28.3. The van der Waals surface area contributed by atoms with Crippen molar-refractivity contribution >= 4 is 29.8 Å². The smallest absolute Gasteiger partial charge is 0.491 e. The SMILES string of the molecule is CC(=O)O[C@@H](C(=O)OC(=O)C(F)(F)F)[C@@H](OC(C)=O)C(=O)OC1=CC[C@@]2(O)C3Cc4ccc(O)c5c4[C@@]2(CCN3C)[C@H]1O5. The van der Waals surface area contributed by atoms with Crippen molar-refractivity contribution in [3.63, 3.8) is 0 Å². The monoisotopic (exact) mass is 613 g/mol. The van der Waals surface area contributed by atoms with Crippen LogP contribution in [0.25, 0.3) is 0 Å². The lowest BCUT2D eigenvalue weighted by Crippen LogP contribution is -2.74. The van der Waals surface area contributed by atoms with Gasteiger partial charge >= 0.3 is 36.0 Å². The molecule has 13 nitrogen and oxygen atoms in total. The topological polar surface area (TPSA) is 175 Å². The molecule has 5 rings (SSSR count). The maximum atomic E-state index is 13.4. The van der Waals surface area contributed by atoms with Gasteiger partial charge in [0.05, 0.1) is 11.0 Å². The summed E-state index contributed by atoms with van der Waals surface area (Å²) in [5.74, 6) is -9.62. The van der Waals surface area contributed by atoms with Gasteiger partial charge in [-0.05, 0) is 44.1 Å². The molecule has 4 aliphatic rings. The third-order valence-corrected chi connectivity index (χ3v) is 8.32. The molecule has 0 amide bonds. The van der Waals surface area contributed by atoms with E-state index in [1.54, 1.807) is 6.07 Å². The van der Waals surface area contributed by atoms with Crippen molar-refractivity contribution in [2.24, 2.45) is 0 Å². The highest BCUT2D eigenvalue weighted by atomic mass is 19.4. The summed E-state index contributed by atoms with van der Waals surface area (Å²) < 4.78 is 63.0. The Morgan fingerprint density at radius 1 is 1.07 bits per heavy atom. The molecule has 43 heavy (non-hydrogen) atoms. The highest BCUT2D eigenvalue weighted by Crippen LogP contribution is 2.65. The first-order chi connectivity index (χ1) is 20.0. The standard InChI is InChI=1S/C27H26F3NO12/c1-11(32)39-19(20(40-12(2)33)23(36)43-24(37)27(28,29)30)22(35)41-15-6-7-26(38)16-10-13-4-5-14(34)18-17(13)25(26,21(15)42-18)8-9-31(16)3/h4-6,16,19-21,34,38H,7-10H2,1-3H3/t16?,19-,20-,21+,25+,26-/m1/s1. The number of rotatable bonds is 6. The van der Waals surface area contributed by atoms with Gasteiger partial charge in [-0.15, -0.1) is 0 Å². The summed E-state index contributed by atoms with van der Waals surface area (Å²) >= 11 is 0. The number of halogens is 3. The molecule has 1 unspecified atom stereocenters. The first-order valence-corrected chi connectivity index (χ1v) is 13.0. The fraction of sp³-hybridized carbons (Fsp3) is 0.519. The molecule has 2 bridgehead atoms. The molecule has 2 heterocycles. The van der Waals surface area contributed by atoms with Gasteiger partial charge < -0.3 is 38.8 Å². The molecule has 1 saturated heterocycles. The number of carbonyl (C=O) groups is 5. The number of aliphatic hydroxyl groups is 1. The summed E-state index contributed by atoms with van der Waals surface area (Å²) in [5, 5.41) is 22.8. The molecule has 1 aromatic carbocycles. The number of ether oxygens (including phenoxy) is 5. The lowest BCUT2D eigenvalue weighted by Gasteiger charge is -2.61. The number of carbonyl (C=O) groups excluding carboxylic acids is 5. The average molecular weight is 613 g/mol. The van der Waals surface area contributed by atoms with E-state index in [-0.39, 0.29) is 29.7 Å². The zero-order valence-corrected chi connectivity index (χ0v) is 22.9. The summed E-state index contributed by atoms with van der Waals surface area (Å²) in [6.45, 7) is 2.02. The minimum atomic E-state index is -5.62. The van der Waals surface area contributed by atoms with Crippen LogP contribution in [0.15, 0.2) is 24.0 Å². The molecule has 2 aliphatic heterocycles. The Balaban J connectivity index is 1.51. The van der Waals surface area contributed by atoms with Crippen LogP contribution in [0.4, 0.5) is 13.2 Å². The van der Waals surface area contributed by atoms with Gasteiger partial charge in [0.15, 0.2) is 17.6 Å². The number of alkyl halides is 3. The van der Waals surface area contributed by atoms with E-state index in [0.29, 0.717) is 24.9 Å². The lowest BCUT2D eigenvalue weighted by atomic mass is 9.50. The van der Waals surface area contributed by atoms with E-state index in [0.717, 1.165) is 19.4 Å². The molecule has 16 heteroatoms. The maximum absolute atomic E-state index is 13.4. The molecule has 6 atom stereocenters. The lowest BCUT2D eigenvalue weighted by molar-refractivity contribution is -0.210. The number of esters is 5. The fourth-order valence-corrected chi connectivity index (χ4v) is 6.64. The van der Waals surface area contributed by atoms with Crippen LogP contribution in [0, 0.1) is 0 Å². The van der Waals surface area contributed by atoms with Gasteiger partial charge in [-0.3, -0.25) is 9.59 Å². The summed E-state index contributed by atoms with van der Waals surface area (Å²) in [4.78, 5) is 62.7. The van der Waals surface area contributed by atoms with Gasteiger partial charge in [0.1, 0.15) is 5.76 Å². The molecule has 0 saturated carbocycles. The number of piperidine rings is 1. The van der Waals surface area contributed by atoms with Crippen molar-refractivity contribution in [2.75, 3.05) is 13.6 Å². The van der Waals surface area contributed by atoms with Gasteiger partial charge in [-0.25, -0.2) is 14.4 Å². The second kappa shape index (κ2) is 10.2. The van der Waals surface area contributed by atoms with Crippen molar-refractivity contribution in [1.29, 1.82) is 0 Å². The predicted octanol–water partition coefficient (Wildman–Crippen LogP) is 0.709. The summed E-state index contributed by atoms with van der Waals surface area (Å²) in [6, 6.07) is 2.77. The average Bonchev–Trinajstić information content (AvgIpc) is 3.26. The number of aromatic hydroxyl groups is 1. The Morgan fingerprint density at radius 3 is 2.30 bits per heavy atom. The van der Waals surface area contributed by atoms with Gasteiger partial charge in [0, 0.05) is 31.9 Å². The number of likely N-dealkylation sites (N-methyl/N-ethyl adjacent to an activating group) is 1. The molecular weight excluding hydrogens is 587 g/mol. The first-order valence-electron chi connectivity index (χ1n) is 13.0. The second-order valence-electron chi connectivity index (χ2n) is 10.8. The Kier molecular flexibility index (Phi) is 7.20. The minimum absolute atomic E-state index is 0.0627. The molecule has 1 aromatic rings. The zero-order valence-electron chi connectivity index (χ0n) is 22.9. The highest BCUT2D eigenvalue weighted by molar-refractivity contribution is 5.95. The number of phenolic OH excluding ortho intramolecular Hbond substituents is 1. The van der Waals surface area contributed by atoms with E-state index < -0.39 is 65.4 Å². The van der Waals surface area contributed by atoms with Crippen LogP contribution in [0.3, 0.4) is 0 Å². The number of nitrogens with zero attached hydrogens (tertiary/aromatic N) is 1. The number of hydrogen-bond acceptors (Lipinski definition) is 13. The first kappa shape index (κ1) is 30.3. The Hall–Kier alpha value is -4.18. The Morgan fingerprint density at radius 2 is 1.70 bits per heavy atom. The van der Waals surface area contributed by atoms with Gasteiger partial charge in [0.25, 0.3) is 0 Å². The van der Waals surface area contributed by atoms with Crippen LogP contribution in [-0.2, 0) is 54.8 Å². The van der Waals surface area contributed by atoms with E-state index in [1.807, 2.05) is 11.9 Å². The summed E-state index contributed by atoms with van der Waals surface area (Å²) in [5.41, 5.74) is -1.30. The summed E-state index contributed by atoms with van der Waals surface area (Å²) in [7, 11) is 1.85. The molecule has 0 radical (unpaired) electrons. The van der Waals surface area contributed by atoms with Crippen molar-refractivity contribution in [3.8, 4) is 11.5 Å². The fourth-order valence-electron chi connectivity index (χ4n) is 6.64. The largest absolute Gasteiger partial charge is 0.504 e. The zero-order chi connectivity index (χ0) is 31.6. The van der Waals surface area contributed by atoms with E-state index in [2.05, 4.69) is 9.47 Å².